The fourth-order valence-electron chi connectivity index (χ4n) is 1.89. The molecule has 0 fully saturated rings. The fourth-order valence-corrected chi connectivity index (χ4v) is 2.26. The standard InChI is InChI=1S/C15H20BrN3O/c1-3-20-10-4-7-17-15-18-8-9-19(15)13-6-5-12(2)14(16)11-13/h5-6,8-9,11H,3-4,7,10H2,1-2H3,(H,17,18). The highest BCUT2D eigenvalue weighted by molar-refractivity contribution is 9.10. The van der Waals surface area contributed by atoms with E-state index in [4.69, 9.17) is 4.74 Å². The SMILES string of the molecule is CCOCCCNc1nccn1-c1ccc(C)c(Br)c1. The largest absolute Gasteiger partial charge is 0.382 e. The first-order valence-electron chi connectivity index (χ1n) is 6.84. The molecule has 4 nitrogen and oxygen atoms in total. The Kier molecular flexibility index (Phi) is 5.61. The van der Waals surface area contributed by atoms with Crippen LogP contribution in [-0.2, 0) is 4.74 Å². The number of anilines is 1. The van der Waals surface area contributed by atoms with E-state index in [0.29, 0.717) is 0 Å². The van der Waals surface area contributed by atoms with Crippen molar-refractivity contribution in [2.45, 2.75) is 20.3 Å². The highest BCUT2D eigenvalue weighted by atomic mass is 79.9. The van der Waals surface area contributed by atoms with Crippen molar-refractivity contribution >= 4 is 21.9 Å². The summed E-state index contributed by atoms with van der Waals surface area (Å²) in [5.41, 5.74) is 2.31. The van der Waals surface area contributed by atoms with E-state index in [-0.39, 0.29) is 0 Å². The van der Waals surface area contributed by atoms with E-state index in [0.717, 1.165) is 42.3 Å². The average Bonchev–Trinajstić information content (AvgIpc) is 2.90. The number of rotatable bonds is 7. The zero-order valence-corrected chi connectivity index (χ0v) is 13.5. The van der Waals surface area contributed by atoms with Crippen molar-refractivity contribution in [3.8, 4) is 5.69 Å². The van der Waals surface area contributed by atoms with Crippen LogP contribution >= 0.6 is 15.9 Å². The second-order valence-corrected chi connectivity index (χ2v) is 5.39. The lowest BCUT2D eigenvalue weighted by Crippen LogP contribution is -2.10. The summed E-state index contributed by atoms with van der Waals surface area (Å²) in [5.74, 6) is 0.859. The van der Waals surface area contributed by atoms with Gasteiger partial charge in [-0.3, -0.25) is 4.57 Å². The van der Waals surface area contributed by atoms with Gasteiger partial charge in [0.2, 0.25) is 5.95 Å². The van der Waals surface area contributed by atoms with Crippen molar-refractivity contribution in [3.05, 3.63) is 40.6 Å². The third kappa shape index (κ3) is 3.84. The summed E-state index contributed by atoms with van der Waals surface area (Å²) in [7, 11) is 0. The first-order chi connectivity index (χ1) is 9.72. The van der Waals surface area contributed by atoms with Gasteiger partial charge in [-0.05, 0) is 38.0 Å². The van der Waals surface area contributed by atoms with E-state index < -0.39 is 0 Å². The fraction of sp³-hybridized carbons (Fsp3) is 0.400. The van der Waals surface area contributed by atoms with Gasteiger partial charge in [0.05, 0.1) is 0 Å². The van der Waals surface area contributed by atoms with Crippen molar-refractivity contribution in [2.75, 3.05) is 25.1 Å². The molecule has 0 radical (unpaired) electrons. The Morgan fingerprint density at radius 1 is 1.40 bits per heavy atom. The van der Waals surface area contributed by atoms with Crippen LogP contribution in [0.4, 0.5) is 5.95 Å². The Morgan fingerprint density at radius 2 is 2.25 bits per heavy atom. The van der Waals surface area contributed by atoms with Crippen molar-refractivity contribution in [2.24, 2.45) is 0 Å². The number of benzene rings is 1. The van der Waals surface area contributed by atoms with Crippen LogP contribution in [0.1, 0.15) is 18.9 Å². The molecule has 0 spiro atoms. The van der Waals surface area contributed by atoms with Crippen LogP contribution < -0.4 is 5.32 Å². The maximum absolute atomic E-state index is 5.32. The highest BCUT2D eigenvalue weighted by Gasteiger charge is 2.05. The normalized spacial score (nSPS) is 10.8. The maximum atomic E-state index is 5.32. The molecule has 2 aromatic rings. The van der Waals surface area contributed by atoms with E-state index in [1.165, 1.54) is 5.56 Å². The molecule has 0 atom stereocenters. The number of hydrogen-bond acceptors (Lipinski definition) is 3. The van der Waals surface area contributed by atoms with E-state index in [9.17, 15) is 0 Å². The quantitative estimate of drug-likeness (QED) is 0.781. The molecule has 0 aliphatic heterocycles. The van der Waals surface area contributed by atoms with Gasteiger partial charge in [0.25, 0.3) is 0 Å². The number of ether oxygens (including phenoxy) is 1. The van der Waals surface area contributed by atoms with Crippen LogP contribution in [-0.4, -0.2) is 29.3 Å². The van der Waals surface area contributed by atoms with Crippen LogP contribution in [0.3, 0.4) is 0 Å². The zero-order chi connectivity index (χ0) is 14.4. The first kappa shape index (κ1) is 15.1. The molecule has 1 aromatic heterocycles. The predicted molar refractivity (Wildman–Crippen MR) is 85.6 cm³/mol. The van der Waals surface area contributed by atoms with E-state index >= 15 is 0 Å². The summed E-state index contributed by atoms with van der Waals surface area (Å²) < 4.78 is 8.47. The van der Waals surface area contributed by atoms with Gasteiger partial charge in [-0.15, -0.1) is 0 Å². The summed E-state index contributed by atoms with van der Waals surface area (Å²) >= 11 is 3.57. The van der Waals surface area contributed by atoms with Crippen molar-refractivity contribution in [3.63, 3.8) is 0 Å². The molecule has 20 heavy (non-hydrogen) atoms. The minimum absolute atomic E-state index is 0.770. The minimum atomic E-state index is 0.770. The number of nitrogens with one attached hydrogen (secondary N) is 1. The molecule has 1 aromatic carbocycles. The van der Waals surface area contributed by atoms with Gasteiger partial charge in [0.1, 0.15) is 0 Å². The molecule has 108 valence electrons. The zero-order valence-electron chi connectivity index (χ0n) is 11.9. The number of aryl methyl sites for hydroxylation is 1. The van der Waals surface area contributed by atoms with Gasteiger partial charge < -0.3 is 10.1 Å². The lowest BCUT2D eigenvalue weighted by molar-refractivity contribution is 0.147. The van der Waals surface area contributed by atoms with Crippen LogP contribution in [0, 0.1) is 6.92 Å². The molecule has 1 heterocycles. The molecule has 0 aliphatic carbocycles. The van der Waals surface area contributed by atoms with Crippen LogP contribution in [0.5, 0.6) is 0 Å². The number of hydrogen-bond donors (Lipinski definition) is 1. The van der Waals surface area contributed by atoms with E-state index in [1.54, 1.807) is 6.20 Å². The van der Waals surface area contributed by atoms with Gasteiger partial charge in [0.15, 0.2) is 0 Å². The first-order valence-corrected chi connectivity index (χ1v) is 7.63. The molecule has 5 heteroatoms. The van der Waals surface area contributed by atoms with Gasteiger partial charge in [-0.2, -0.15) is 0 Å². The highest BCUT2D eigenvalue weighted by Crippen LogP contribution is 2.22. The van der Waals surface area contributed by atoms with Crippen LogP contribution in [0.2, 0.25) is 0 Å². The Labute approximate surface area is 128 Å². The molecule has 0 amide bonds. The van der Waals surface area contributed by atoms with Gasteiger partial charge in [-0.1, -0.05) is 22.0 Å². The Morgan fingerprint density at radius 3 is 3.00 bits per heavy atom. The summed E-state index contributed by atoms with van der Waals surface area (Å²) in [6.07, 6.45) is 4.74. The van der Waals surface area contributed by atoms with Crippen LogP contribution in [0.15, 0.2) is 35.1 Å². The topological polar surface area (TPSA) is 39.1 Å². The lowest BCUT2D eigenvalue weighted by Gasteiger charge is -2.11. The second-order valence-electron chi connectivity index (χ2n) is 4.53. The minimum Gasteiger partial charge on any atom is -0.382 e. The maximum Gasteiger partial charge on any atom is 0.207 e. The summed E-state index contributed by atoms with van der Waals surface area (Å²) in [5, 5.41) is 3.34. The predicted octanol–water partition coefficient (Wildman–Crippen LogP) is 3.78. The molecule has 0 aliphatic rings. The third-order valence-corrected chi connectivity index (χ3v) is 3.88. The van der Waals surface area contributed by atoms with Gasteiger partial charge in [0, 0.05) is 42.3 Å². The molecule has 0 saturated heterocycles. The Hall–Kier alpha value is -1.33. The number of halogens is 1. The van der Waals surface area contributed by atoms with Crippen molar-refractivity contribution < 1.29 is 4.74 Å². The van der Waals surface area contributed by atoms with Gasteiger partial charge in [-0.25, -0.2) is 4.98 Å². The van der Waals surface area contributed by atoms with Gasteiger partial charge >= 0.3 is 0 Å². The number of imidazole rings is 1. The molecule has 1 N–H and O–H groups in total. The number of nitrogens with zero attached hydrogens (tertiary/aromatic N) is 2. The Balaban J connectivity index is 2.02. The van der Waals surface area contributed by atoms with E-state index in [1.807, 2.05) is 17.7 Å². The smallest absolute Gasteiger partial charge is 0.207 e. The average molecular weight is 338 g/mol. The molecule has 0 bridgehead atoms. The molecule has 0 unspecified atom stereocenters. The second kappa shape index (κ2) is 7.45. The van der Waals surface area contributed by atoms with Crippen LogP contribution in [0.25, 0.3) is 5.69 Å². The lowest BCUT2D eigenvalue weighted by atomic mass is 10.2. The summed E-state index contributed by atoms with van der Waals surface area (Å²) in [6.45, 7) is 6.49. The van der Waals surface area contributed by atoms with Crippen molar-refractivity contribution in [1.29, 1.82) is 0 Å². The summed E-state index contributed by atoms with van der Waals surface area (Å²) in [6, 6.07) is 6.29. The third-order valence-electron chi connectivity index (χ3n) is 3.03. The monoisotopic (exact) mass is 337 g/mol. The summed E-state index contributed by atoms with van der Waals surface area (Å²) in [4.78, 5) is 4.36. The number of aromatic nitrogens is 2. The van der Waals surface area contributed by atoms with Crippen molar-refractivity contribution in [1.82, 2.24) is 9.55 Å². The molecular weight excluding hydrogens is 318 g/mol. The Bertz CT molecular complexity index is 554. The molecule has 2 rings (SSSR count). The molecule has 0 saturated carbocycles. The molecular formula is C15H20BrN3O. The van der Waals surface area contributed by atoms with E-state index in [2.05, 4.69) is 51.4 Å².